The van der Waals surface area contributed by atoms with Crippen molar-refractivity contribution in [2.24, 2.45) is 0 Å². The number of carbonyl (C=O) groups excluding carboxylic acids is 1. The van der Waals surface area contributed by atoms with Gasteiger partial charge in [-0.2, -0.15) is 9.82 Å². The highest BCUT2D eigenvalue weighted by Crippen LogP contribution is 2.19. The molecule has 0 saturated carbocycles. The number of nitrogens with zero attached hydrogens (tertiary/aromatic N) is 3. The number of nitrogens with one attached hydrogen (secondary N) is 2. The van der Waals surface area contributed by atoms with E-state index in [0.717, 1.165) is 5.56 Å². The predicted molar refractivity (Wildman–Crippen MR) is 102 cm³/mol. The number of aromatic nitrogens is 3. The molecular weight excluding hydrogens is 382 g/mol. The molecular formula is C18H21N5O4S. The number of hydrogen-bond donors (Lipinski definition) is 2. The number of amides is 1. The number of anilines is 1. The number of sulfonamides is 1. The minimum atomic E-state index is -3.94. The molecule has 0 bridgehead atoms. The van der Waals surface area contributed by atoms with E-state index >= 15 is 0 Å². The zero-order chi connectivity index (χ0) is 20.3. The third kappa shape index (κ3) is 4.46. The summed E-state index contributed by atoms with van der Waals surface area (Å²) in [5, 5.41) is 10.5. The highest BCUT2D eigenvalue weighted by atomic mass is 32.2. The van der Waals surface area contributed by atoms with Crippen molar-refractivity contribution in [1.29, 1.82) is 0 Å². The topological polar surface area (TPSA) is 119 Å². The van der Waals surface area contributed by atoms with Crippen molar-refractivity contribution >= 4 is 21.6 Å². The second-order valence-electron chi connectivity index (χ2n) is 6.39. The van der Waals surface area contributed by atoms with Crippen LogP contribution in [0.1, 0.15) is 23.9 Å². The van der Waals surface area contributed by atoms with E-state index in [1.54, 1.807) is 16.9 Å². The smallest absolute Gasteiger partial charge is 0.246 e. The second-order valence-corrected chi connectivity index (χ2v) is 8.04. The molecule has 2 aromatic heterocycles. The molecule has 0 radical (unpaired) electrons. The summed E-state index contributed by atoms with van der Waals surface area (Å²) in [5.74, 6) is -0.310. The largest absolute Gasteiger partial charge is 0.360 e. The first-order chi connectivity index (χ1) is 13.3. The summed E-state index contributed by atoms with van der Waals surface area (Å²) in [6.45, 7) is 5.06. The summed E-state index contributed by atoms with van der Waals surface area (Å²) < 4.78 is 34.1. The maximum absolute atomic E-state index is 12.5. The van der Waals surface area contributed by atoms with Crippen LogP contribution in [0.3, 0.4) is 0 Å². The van der Waals surface area contributed by atoms with Gasteiger partial charge in [-0.25, -0.2) is 8.42 Å². The van der Waals surface area contributed by atoms with Gasteiger partial charge in [-0.15, -0.1) is 0 Å². The van der Waals surface area contributed by atoms with Crippen LogP contribution in [0.25, 0.3) is 0 Å². The molecule has 1 amide bonds. The van der Waals surface area contributed by atoms with Gasteiger partial charge in [0, 0.05) is 18.1 Å². The molecule has 2 heterocycles. The third-order valence-electron chi connectivity index (χ3n) is 4.06. The van der Waals surface area contributed by atoms with Crippen LogP contribution in [0.5, 0.6) is 0 Å². The van der Waals surface area contributed by atoms with E-state index in [2.05, 4.69) is 20.3 Å². The van der Waals surface area contributed by atoms with E-state index in [-0.39, 0.29) is 16.3 Å². The van der Waals surface area contributed by atoms with E-state index in [1.807, 2.05) is 30.5 Å². The Hall–Kier alpha value is -2.98. The first-order valence-electron chi connectivity index (χ1n) is 8.58. The average Bonchev–Trinajstić information content (AvgIpc) is 3.24. The minimum absolute atomic E-state index is 0.0478. The molecule has 0 saturated heterocycles. The highest BCUT2D eigenvalue weighted by molar-refractivity contribution is 7.89. The van der Waals surface area contributed by atoms with E-state index in [1.165, 1.54) is 20.8 Å². The van der Waals surface area contributed by atoms with E-state index in [9.17, 15) is 13.2 Å². The molecule has 2 N–H and O–H groups in total. The van der Waals surface area contributed by atoms with Gasteiger partial charge in [-0.1, -0.05) is 17.3 Å². The number of aryl methyl sites for hydroxylation is 2. The van der Waals surface area contributed by atoms with Gasteiger partial charge < -0.3 is 9.84 Å². The van der Waals surface area contributed by atoms with Crippen LogP contribution in [-0.4, -0.2) is 35.3 Å². The van der Waals surface area contributed by atoms with Crippen molar-refractivity contribution in [3.63, 3.8) is 0 Å². The van der Waals surface area contributed by atoms with E-state index in [0.29, 0.717) is 12.2 Å². The predicted octanol–water partition coefficient (Wildman–Crippen LogP) is 1.84. The summed E-state index contributed by atoms with van der Waals surface area (Å²) in [5.41, 5.74) is 1.76. The van der Waals surface area contributed by atoms with E-state index < -0.39 is 22.0 Å². The van der Waals surface area contributed by atoms with Crippen molar-refractivity contribution in [3.05, 3.63) is 59.7 Å². The molecule has 0 aliphatic carbocycles. The van der Waals surface area contributed by atoms with Crippen molar-refractivity contribution < 1.29 is 17.7 Å². The Morgan fingerprint density at radius 3 is 2.71 bits per heavy atom. The zero-order valence-corrected chi connectivity index (χ0v) is 16.5. The van der Waals surface area contributed by atoms with E-state index in [4.69, 9.17) is 4.52 Å². The summed E-state index contributed by atoms with van der Waals surface area (Å²) in [6, 6.07) is 8.12. The van der Waals surface area contributed by atoms with Crippen LogP contribution < -0.4 is 10.0 Å². The fraction of sp³-hybridized carbons (Fsp3) is 0.278. The maximum atomic E-state index is 12.5. The van der Waals surface area contributed by atoms with Gasteiger partial charge in [-0.05, 0) is 44.5 Å². The van der Waals surface area contributed by atoms with Gasteiger partial charge in [0.2, 0.25) is 15.9 Å². The molecule has 28 heavy (non-hydrogen) atoms. The van der Waals surface area contributed by atoms with Crippen LogP contribution in [0, 0.1) is 13.8 Å². The Kier molecular flexibility index (Phi) is 5.61. The molecule has 0 fully saturated rings. The minimum Gasteiger partial charge on any atom is -0.360 e. The normalized spacial score (nSPS) is 12.7. The van der Waals surface area contributed by atoms with Crippen molar-refractivity contribution in [2.45, 2.75) is 38.3 Å². The van der Waals surface area contributed by atoms with Crippen LogP contribution in [0.2, 0.25) is 0 Å². The number of rotatable bonds is 7. The SMILES string of the molecule is Cc1noc(C)c1S(=O)(=O)N[C@@H](C)C(=O)Nc1cccc(Cn2cccn2)c1. The molecule has 3 rings (SSSR count). The lowest BCUT2D eigenvalue weighted by Crippen LogP contribution is -2.41. The standard InChI is InChI=1S/C18H21N5O4S/c1-12-17(14(3)27-21-12)28(25,26)22-13(2)18(24)20-16-7-4-6-15(10-16)11-23-9-5-8-19-23/h4-10,13,22H,11H2,1-3H3,(H,20,24)/t13-/m0/s1. The lowest BCUT2D eigenvalue weighted by molar-refractivity contribution is -0.117. The fourth-order valence-electron chi connectivity index (χ4n) is 2.78. The van der Waals surface area contributed by atoms with Crippen molar-refractivity contribution in [2.75, 3.05) is 5.32 Å². The first-order valence-corrected chi connectivity index (χ1v) is 10.1. The highest BCUT2D eigenvalue weighted by Gasteiger charge is 2.28. The molecule has 1 atom stereocenters. The quantitative estimate of drug-likeness (QED) is 0.621. The molecule has 0 aliphatic rings. The van der Waals surface area contributed by atoms with Gasteiger partial charge in [0.05, 0.1) is 12.6 Å². The average molecular weight is 403 g/mol. The molecule has 1 aromatic carbocycles. The summed E-state index contributed by atoms with van der Waals surface area (Å²) >= 11 is 0. The third-order valence-corrected chi connectivity index (χ3v) is 5.84. The van der Waals surface area contributed by atoms with Crippen LogP contribution in [0.15, 0.2) is 52.1 Å². The molecule has 148 valence electrons. The van der Waals surface area contributed by atoms with Gasteiger partial charge in [0.1, 0.15) is 10.6 Å². The summed E-state index contributed by atoms with van der Waals surface area (Å²) in [7, 11) is -3.94. The van der Waals surface area contributed by atoms with Gasteiger partial charge in [0.15, 0.2) is 5.76 Å². The molecule has 0 unspecified atom stereocenters. The van der Waals surface area contributed by atoms with Crippen molar-refractivity contribution in [3.8, 4) is 0 Å². The molecule has 9 nitrogen and oxygen atoms in total. The van der Waals surface area contributed by atoms with Gasteiger partial charge in [0.25, 0.3) is 0 Å². The Labute approximate surface area is 162 Å². The Bertz CT molecular complexity index is 1050. The number of carbonyl (C=O) groups is 1. The first kappa shape index (κ1) is 19.8. The van der Waals surface area contributed by atoms with Gasteiger partial charge >= 0.3 is 0 Å². The maximum Gasteiger partial charge on any atom is 0.246 e. The van der Waals surface area contributed by atoms with Crippen LogP contribution in [-0.2, 0) is 21.4 Å². The van der Waals surface area contributed by atoms with Crippen LogP contribution in [0.4, 0.5) is 5.69 Å². The van der Waals surface area contributed by atoms with Crippen LogP contribution >= 0.6 is 0 Å². The zero-order valence-electron chi connectivity index (χ0n) is 15.7. The molecule has 3 aromatic rings. The van der Waals surface area contributed by atoms with Gasteiger partial charge in [-0.3, -0.25) is 9.48 Å². The summed E-state index contributed by atoms with van der Waals surface area (Å²) in [6.07, 6.45) is 3.54. The molecule has 10 heteroatoms. The fourth-order valence-corrected chi connectivity index (χ4v) is 4.31. The Morgan fingerprint density at radius 1 is 1.29 bits per heavy atom. The summed E-state index contributed by atoms with van der Waals surface area (Å²) in [4.78, 5) is 12.4. The lowest BCUT2D eigenvalue weighted by Gasteiger charge is -2.15. The molecule has 0 aliphatic heterocycles. The monoisotopic (exact) mass is 403 g/mol. The number of benzene rings is 1. The lowest BCUT2D eigenvalue weighted by atomic mass is 10.2. The molecule has 0 spiro atoms. The van der Waals surface area contributed by atoms with Crippen molar-refractivity contribution in [1.82, 2.24) is 19.7 Å². The Balaban J connectivity index is 1.67. The Morgan fingerprint density at radius 2 is 2.07 bits per heavy atom. The second kappa shape index (κ2) is 7.95. The number of hydrogen-bond acceptors (Lipinski definition) is 6.